The SMILES string of the molecule is Cc1cc2ccc(C#Cc3onc(C)c3NC(=O)OC(C)c3ccccc3)cc2s1. The second kappa shape index (κ2) is 8.44. The van der Waals surface area contributed by atoms with E-state index in [0.29, 0.717) is 17.1 Å². The highest BCUT2D eigenvalue weighted by atomic mass is 32.1. The maximum Gasteiger partial charge on any atom is 0.412 e. The van der Waals surface area contributed by atoms with Crippen LogP contribution in [-0.2, 0) is 4.74 Å². The Bertz CT molecular complexity index is 1260. The van der Waals surface area contributed by atoms with Gasteiger partial charge in [0.25, 0.3) is 0 Å². The van der Waals surface area contributed by atoms with E-state index in [0.717, 1.165) is 11.1 Å². The average molecular weight is 417 g/mol. The third-order valence-electron chi connectivity index (χ3n) is 4.61. The number of carbonyl (C=O) groups excluding carboxylic acids is 1. The molecule has 1 N–H and O–H groups in total. The minimum absolute atomic E-state index is 0.291. The highest BCUT2D eigenvalue weighted by Crippen LogP contribution is 2.26. The van der Waals surface area contributed by atoms with Gasteiger partial charge >= 0.3 is 6.09 Å². The normalized spacial score (nSPS) is 11.6. The molecule has 4 rings (SSSR count). The van der Waals surface area contributed by atoms with Gasteiger partial charge in [-0.05, 0) is 55.8 Å². The lowest BCUT2D eigenvalue weighted by Crippen LogP contribution is -2.16. The second-order valence-corrected chi connectivity index (χ2v) is 8.20. The summed E-state index contributed by atoms with van der Waals surface area (Å²) in [5, 5.41) is 7.84. The predicted octanol–water partition coefficient (Wildman–Crippen LogP) is 6.22. The molecule has 0 radical (unpaired) electrons. The van der Waals surface area contributed by atoms with Gasteiger partial charge in [0, 0.05) is 15.1 Å². The Morgan fingerprint density at radius 3 is 2.73 bits per heavy atom. The third kappa shape index (κ3) is 4.37. The Morgan fingerprint density at radius 2 is 1.93 bits per heavy atom. The maximum atomic E-state index is 12.4. The highest BCUT2D eigenvalue weighted by molar-refractivity contribution is 7.19. The van der Waals surface area contributed by atoms with Gasteiger partial charge in [-0.15, -0.1) is 11.3 Å². The summed E-state index contributed by atoms with van der Waals surface area (Å²) in [7, 11) is 0. The van der Waals surface area contributed by atoms with Crippen molar-refractivity contribution in [3.63, 3.8) is 0 Å². The number of aromatic nitrogens is 1. The molecule has 6 heteroatoms. The van der Waals surface area contributed by atoms with Crippen LogP contribution in [-0.4, -0.2) is 11.2 Å². The van der Waals surface area contributed by atoms with Gasteiger partial charge in [0.05, 0.1) is 0 Å². The van der Waals surface area contributed by atoms with Crippen LogP contribution >= 0.6 is 11.3 Å². The van der Waals surface area contributed by atoms with Crippen LogP contribution in [0.5, 0.6) is 0 Å². The molecule has 0 saturated carbocycles. The molecule has 0 saturated heterocycles. The minimum atomic E-state index is -0.587. The molecule has 0 bridgehead atoms. The fourth-order valence-corrected chi connectivity index (χ4v) is 4.02. The van der Waals surface area contributed by atoms with Crippen LogP contribution in [0, 0.1) is 25.7 Å². The lowest BCUT2D eigenvalue weighted by atomic mass is 10.1. The van der Waals surface area contributed by atoms with Crippen molar-refractivity contribution < 1.29 is 14.1 Å². The first-order valence-electron chi connectivity index (χ1n) is 9.50. The molecule has 0 aliphatic carbocycles. The number of carbonyl (C=O) groups is 1. The van der Waals surface area contributed by atoms with Gasteiger partial charge in [0.1, 0.15) is 17.5 Å². The second-order valence-electron chi connectivity index (χ2n) is 6.91. The van der Waals surface area contributed by atoms with Crippen molar-refractivity contribution in [1.82, 2.24) is 5.16 Å². The molecule has 2 aromatic heterocycles. The molecule has 4 aromatic rings. The summed E-state index contributed by atoms with van der Waals surface area (Å²) in [6.07, 6.45) is -0.974. The van der Waals surface area contributed by atoms with Crippen molar-refractivity contribution in [3.8, 4) is 11.8 Å². The molecule has 5 nitrogen and oxygen atoms in total. The number of anilines is 1. The lowest BCUT2D eigenvalue weighted by molar-refractivity contribution is 0.121. The van der Waals surface area contributed by atoms with Crippen molar-refractivity contribution in [2.75, 3.05) is 5.32 Å². The first-order chi connectivity index (χ1) is 14.5. The van der Waals surface area contributed by atoms with Crippen molar-refractivity contribution >= 4 is 33.2 Å². The Balaban J connectivity index is 1.50. The topological polar surface area (TPSA) is 64.4 Å². The molecule has 1 atom stereocenters. The summed E-state index contributed by atoms with van der Waals surface area (Å²) < 4.78 is 12.0. The Hall–Kier alpha value is -3.56. The highest BCUT2D eigenvalue weighted by Gasteiger charge is 2.17. The number of hydrogen-bond acceptors (Lipinski definition) is 5. The molecule has 1 unspecified atom stereocenters. The van der Waals surface area contributed by atoms with Gasteiger partial charge < -0.3 is 9.26 Å². The van der Waals surface area contributed by atoms with Gasteiger partial charge in [-0.1, -0.05) is 47.5 Å². The molecule has 0 aliphatic rings. The van der Waals surface area contributed by atoms with Crippen LogP contribution < -0.4 is 5.32 Å². The van der Waals surface area contributed by atoms with E-state index in [4.69, 9.17) is 9.26 Å². The quantitative estimate of drug-likeness (QED) is 0.403. The first kappa shape index (κ1) is 19.7. The number of benzene rings is 2. The number of thiophene rings is 1. The van der Waals surface area contributed by atoms with Gasteiger partial charge in [-0.25, -0.2) is 4.79 Å². The van der Waals surface area contributed by atoms with Gasteiger partial charge in [-0.3, -0.25) is 5.32 Å². The molecule has 0 aliphatic heterocycles. The van der Waals surface area contributed by atoms with E-state index in [2.05, 4.69) is 41.4 Å². The van der Waals surface area contributed by atoms with Crippen LogP contribution in [0.3, 0.4) is 0 Å². The molecule has 150 valence electrons. The van der Waals surface area contributed by atoms with E-state index < -0.39 is 6.09 Å². The first-order valence-corrected chi connectivity index (χ1v) is 10.3. The lowest BCUT2D eigenvalue weighted by Gasteiger charge is -2.13. The molecule has 2 heterocycles. The molecular formula is C24H20N2O3S. The number of aryl methyl sites for hydroxylation is 2. The summed E-state index contributed by atoms with van der Waals surface area (Å²) in [4.78, 5) is 13.6. The van der Waals surface area contributed by atoms with E-state index in [1.807, 2.05) is 49.4 Å². The number of rotatable bonds is 3. The van der Waals surface area contributed by atoms with Crippen molar-refractivity contribution in [2.45, 2.75) is 26.9 Å². The van der Waals surface area contributed by atoms with E-state index in [1.165, 1.54) is 15.0 Å². The van der Waals surface area contributed by atoms with Gasteiger partial charge in [0.15, 0.2) is 0 Å². The Morgan fingerprint density at radius 1 is 1.13 bits per heavy atom. The molecule has 0 fully saturated rings. The monoisotopic (exact) mass is 416 g/mol. The zero-order valence-corrected chi connectivity index (χ0v) is 17.7. The smallest absolute Gasteiger partial charge is 0.412 e. The van der Waals surface area contributed by atoms with E-state index in [-0.39, 0.29) is 6.10 Å². The summed E-state index contributed by atoms with van der Waals surface area (Å²) in [5.41, 5.74) is 2.73. The number of nitrogens with zero attached hydrogens (tertiary/aromatic N) is 1. The largest absolute Gasteiger partial charge is 0.441 e. The zero-order chi connectivity index (χ0) is 21.1. The van der Waals surface area contributed by atoms with Crippen LogP contribution in [0.1, 0.15) is 40.5 Å². The fraction of sp³-hybridized carbons (Fsp3) is 0.167. The van der Waals surface area contributed by atoms with Crippen LogP contribution in [0.15, 0.2) is 59.1 Å². The van der Waals surface area contributed by atoms with E-state index in [9.17, 15) is 4.79 Å². The van der Waals surface area contributed by atoms with Gasteiger partial charge in [0.2, 0.25) is 5.76 Å². The van der Waals surface area contributed by atoms with Gasteiger partial charge in [-0.2, -0.15) is 0 Å². The fourth-order valence-electron chi connectivity index (χ4n) is 3.06. The van der Waals surface area contributed by atoms with Crippen molar-refractivity contribution in [2.24, 2.45) is 0 Å². The molecular weight excluding hydrogens is 396 g/mol. The van der Waals surface area contributed by atoms with E-state index in [1.54, 1.807) is 18.3 Å². The summed E-state index contributed by atoms with van der Waals surface area (Å²) >= 11 is 1.73. The van der Waals surface area contributed by atoms with Crippen LogP contribution in [0.25, 0.3) is 10.1 Å². The number of nitrogens with one attached hydrogen (secondary N) is 1. The number of amides is 1. The summed E-state index contributed by atoms with van der Waals surface area (Å²) in [6, 6.07) is 17.8. The zero-order valence-electron chi connectivity index (χ0n) is 16.9. The molecule has 30 heavy (non-hydrogen) atoms. The Kier molecular flexibility index (Phi) is 5.55. The van der Waals surface area contributed by atoms with Crippen LogP contribution in [0.2, 0.25) is 0 Å². The van der Waals surface area contributed by atoms with Crippen molar-refractivity contribution in [1.29, 1.82) is 0 Å². The third-order valence-corrected chi connectivity index (χ3v) is 5.62. The standard InChI is InChI=1S/C24H20N2O3S/c1-15-13-20-11-9-18(14-22(20)30-15)10-12-21-23(16(2)26-29-21)25-24(27)28-17(3)19-7-5-4-6-8-19/h4-9,11,13-14,17H,1-3H3,(H,25,27). The van der Waals surface area contributed by atoms with Crippen LogP contribution in [0.4, 0.5) is 10.5 Å². The summed E-state index contributed by atoms with van der Waals surface area (Å²) in [5.74, 6) is 6.35. The predicted molar refractivity (Wildman–Crippen MR) is 119 cm³/mol. The number of fused-ring (bicyclic) bond motifs is 1. The maximum absolute atomic E-state index is 12.4. The minimum Gasteiger partial charge on any atom is -0.441 e. The average Bonchev–Trinajstić information content (AvgIpc) is 3.28. The molecule has 0 spiro atoms. The molecule has 1 amide bonds. The van der Waals surface area contributed by atoms with E-state index >= 15 is 0 Å². The molecule has 2 aromatic carbocycles. The Labute approximate surface area is 178 Å². The summed E-state index contributed by atoms with van der Waals surface area (Å²) in [6.45, 7) is 5.65. The number of hydrogen-bond donors (Lipinski definition) is 1. The van der Waals surface area contributed by atoms with Crippen molar-refractivity contribution in [3.05, 3.63) is 82.1 Å². The number of ether oxygens (including phenoxy) is 1.